The number of carbonyl (C=O) groups is 2. The minimum absolute atomic E-state index is 0. The molecular weight excluding hydrogens is 423 g/mol. The van der Waals surface area contributed by atoms with Gasteiger partial charge in [0.25, 0.3) is 0 Å². The maximum Gasteiger partial charge on any atom is 0.318 e. The molecule has 9 heteroatoms. The summed E-state index contributed by atoms with van der Waals surface area (Å²) in [6, 6.07) is 20.2. The van der Waals surface area contributed by atoms with E-state index in [0.717, 1.165) is 0 Å². The summed E-state index contributed by atoms with van der Waals surface area (Å²) < 4.78 is 24.4. The van der Waals surface area contributed by atoms with E-state index in [2.05, 4.69) is 12.1 Å². The van der Waals surface area contributed by atoms with Gasteiger partial charge >= 0.3 is 11.9 Å². The monoisotopic (exact) mass is 438 g/mol. The summed E-state index contributed by atoms with van der Waals surface area (Å²) in [5.41, 5.74) is 0. The Kier molecular flexibility index (Phi) is 11.1. The fourth-order valence-electron chi connectivity index (χ4n) is 1.56. The van der Waals surface area contributed by atoms with Crippen LogP contribution in [0.3, 0.4) is 0 Å². The van der Waals surface area contributed by atoms with Crippen LogP contribution in [-0.4, -0.2) is 48.0 Å². The van der Waals surface area contributed by atoms with Gasteiger partial charge in [-0.05, 0) is 4.90 Å². The van der Waals surface area contributed by atoms with Gasteiger partial charge in [-0.3, -0.25) is 9.59 Å². The average Bonchev–Trinajstić information content (AvgIpc) is 2.56. The number of rotatable bonds is 6. The third-order valence-corrected chi connectivity index (χ3v) is 4.36. The van der Waals surface area contributed by atoms with E-state index in [0.29, 0.717) is 4.31 Å². The van der Waals surface area contributed by atoms with Gasteiger partial charge in [-0.2, -0.15) is 71.0 Å². The SMILES string of the molecule is O=C(O)CN(CC(=O)O)S(=O)(=O)c1cc[c-]cc1.[Y].[c-]1ccccc1. The zero-order chi connectivity index (χ0) is 18.0. The molecule has 0 aliphatic rings. The number of benzene rings is 2. The summed E-state index contributed by atoms with van der Waals surface area (Å²) in [5.74, 6) is -2.86. The minimum atomic E-state index is -4.14. The molecule has 131 valence electrons. The van der Waals surface area contributed by atoms with Crippen molar-refractivity contribution in [3.63, 3.8) is 0 Å². The van der Waals surface area contributed by atoms with Crippen LogP contribution < -0.4 is 0 Å². The zero-order valence-corrected chi connectivity index (χ0v) is 16.7. The number of carboxylic acids is 2. The predicted molar refractivity (Wildman–Crippen MR) is 84.6 cm³/mol. The molecule has 0 atom stereocenters. The largest absolute Gasteiger partial charge is 0.480 e. The molecular formula is C16H15NO6SY-2. The average molecular weight is 438 g/mol. The maximum absolute atomic E-state index is 12.0. The summed E-state index contributed by atoms with van der Waals surface area (Å²) in [5, 5.41) is 17.2. The minimum Gasteiger partial charge on any atom is -0.480 e. The molecule has 0 fully saturated rings. The molecule has 2 aromatic carbocycles. The fraction of sp³-hybridized carbons (Fsp3) is 0.125. The van der Waals surface area contributed by atoms with Crippen molar-refractivity contribution in [3.05, 3.63) is 66.7 Å². The second-order valence-corrected chi connectivity index (χ2v) is 6.31. The van der Waals surface area contributed by atoms with E-state index in [9.17, 15) is 18.0 Å². The number of carboxylic acid groups (broad SMARTS) is 2. The van der Waals surface area contributed by atoms with Crippen molar-refractivity contribution < 1.29 is 60.9 Å². The number of hydrogen-bond acceptors (Lipinski definition) is 4. The first-order valence-corrected chi connectivity index (χ1v) is 8.09. The molecule has 2 rings (SSSR count). The van der Waals surface area contributed by atoms with E-state index in [4.69, 9.17) is 10.2 Å². The van der Waals surface area contributed by atoms with E-state index >= 15 is 0 Å². The quantitative estimate of drug-likeness (QED) is 0.655. The molecule has 0 heterocycles. The summed E-state index contributed by atoms with van der Waals surface area (Å²) in [6.07, 6.45) is 0. The third kappa shape index (κ3) is 8.88. The standard InChI is InChI=1S/C10H10NO6S.C6H5.Y/c12-9(13)6-11(7-10(14)15)18(16,17)8-4-2-1-3-5-8;1-2-4-6-5-3-1;/h2-5H,6-7H2,(H,12,13)(H,14,15);1-5H;/q2*-1;. The van der Waals surface area contributed by atoms with Gasteiger partial charge in [-0.15, -0.1) is 0 Å². The molecule has 0 saturated carbocycles. The van der Waals surface area contributed by atoms with Gasteiger partial charge < -0.3 is 10.2 Å². The first-order valence-electron chi connectivity index (χ1n) is 6.65. The van der Waals surface area contributed by atoms with Crippen LogP contribution in [0.4, 0.5) is 0 Å². The predicted octanol–water partition coefficient (Wildman–Crippen LogP) is 1.13. The van der Waals surface area contributed by atoms with Gasteiger partial charge in [0.2, 0.25) is 10.0 Å². The molecule has 2 N–H and O–H groups in total. The van der Waals surface area contributed by atoms with Crippen molar-refractivity contribution in [2.24, 2.45) is 0 Å². The van der Waals surface area contributed by atoms with E-state index in [1.165, 1.54) is 24.3 Å². The van der Waals surface area contributed by atoms with Gasteiger partial charge in [0.1, 0.15) is 13.1 Å². The number of nitrogens with zero attached hydrogens (tertiary/aromatic N) is 1. The summed E-state index contributed by atoms with van der Waals surface area (Å²) >= 11 is 0. The molecule has 0 aliphatic carbocycles. The summed E-state index contributed by atoms with van der Waals surface area (Å²) in [7, 11) is -4.14. The number of aliphatic carboxylic acids is 2. The Morgan fingerprint density at radius 1 is 0.880 bits per heavy atom. The normalized spacial score (nSPS) is 10.1. The van der Waals surface area contributed by atoms with Crippen molar-refractivity contribution in [3.8, 4) is 0 Å². The molecule has 1 radical (unpaired) electrons. The van der Waals surface area contributed by atoms with E-state index in [1.807, 2.05) is 30.3 Å². The topological polar surface area (TPSA) is 112 Å². The first kappa shape index (κ1) is 23.4. The molecule has 0 saturated heterocycles. The molecule has 0 unspecified atom stereocenters. The molecule has 0 spiro atoms. The Morgan fingerprint density at radius 2 is 1.32 bits per heavy atom. The smallest absolute Gasteiger partial charge is 0.318 e. The Bertz CT molecular complexity index is 710. The first-order chi connectivity index (χ1) is 11.3. The molecule has 0 aliphatic heterocycles. The second kappa shape index (κ2) is 11.9. The molecule has 25 heavy (non-hydrogen) atoms. The van der Waals surface area contributed by atoms with Crippen molar-refractivity contribution in [1.29, 1.82) is 0 Å². The van der Waals surface area contributed by atoms with Crippen LogP contribution in [0.25, 0.3) is 0 Å². The van der Waals surface area contributed by atoms with Crippen LogP contribution in [0, 0.1) is 12.1 Å². The maximum atomic E-state index is 12.0. The molecule has 0 bridgehead atoms. The van der Waals surface area contributed by atoms with E-state index in [1.54, 1.807) is 0 Å². The van der Waals surface area contributed by atoms with Gasteiger partial charge in [0.15, 0.2) is 0 Å². The molecule has 0 amide bonds. The zero-order valence-electron chi connectivity index (χ0n) is 13.1. The number of hydrogen-bond donors (Lipinski definition) is 2. The van der Waals surface area contributed by atoms with Crippen LogP contribution in [0.15, 0.2) is 59.5 Å². The van der Waals surface area contributed by atoms with Crippen LogP contribution in [0.1, 0.15) is 0 Å². The van der Waals surface area contributed by atoms with Gasteiger partial charge in [0, 0.05) is 32.7 Å². The van der Waals surface area contributed by atoms with E-state index < -0.39 is 35.1 Å². The van der Waals surface area contributed by atoms with Crippen molar-refractivity contribution in [2.45, 2.75) is 4.90 Å². The van der Waals surface area contributed by atoms with Crippen LogP contribution in [0.5, 0.6) is 0 Å². The Balaban J connectivity index is 0.000000693. The van der Waals surface area contributed by atoms with Gasteiger partial charge in [-0.25, -0.2) is 8.42 Å². The van der Waals surface area contributed by atoms with Crippen LogP contribution in [0.2, 0.25) is 0 Å². The van der Waals surface area contributed by atoms with Crippen molar-refractivity contribution >= 4 is 22.0 Å². The van der Waals surface area contributed by atoms with E-state index in [-0.39, 0.29) is 37.6 Å². The van der Waals surface area contributed by atoms with Crippen molar-refractivity contribution in [1.82, 2.24) is 4.31 Å². The molecule has 7 nitrogen and oxygen atoms in total. The Labute approximate surface area is 171 Å². The second-order valence-electron chi connectivity index (χ2n) is 4.37. The summed E-state index contributed by atoms with van der Waals surface area (Å²) in [6.45, 7) is -1.82. The fourth-order valence-corrected chi connectivity index (χ4v) is 2.90. The Hall–Kier alpha value is -1.61. The van der Waals surface area contributed by atoms with Gasteiger partial charge in [-0.1, -0.05) is 0 Å². The molecule has 0 aromatic heterocycles. The van der Waals surface area contributed by atoms with Crippen LogP contribution >= 0.6 is 0 Å². The molecule has 2 aromatic rings. The Morgan fingerprint density at radius 3 is 1.64 bits per heavy atom. The third-order valence-electron chi connectivity index (χ3n) is 2.56. The van der Waals surface area contributed by atoms with Gasteiger partial charge in [0.05, 0.1) is 0 Å². The summed E-state index contributed by atoms with van der Waals surface area (Å²) in [4.78, 5) is 21.0. The van der Waals surface area contributed by atoms with Crippen LogP contribution in [-0.2, 0) is 52.3 Å². The number of sulfonamides is 1. The van der Waals surface area contributed by atoms with Crippen molar-refractivity contribution in [2.75, 3.05) is 13.1 Å².